The van der Waals surface area contributed by atoms with Crippen molar-refractivity contribution in [3.63, 3.8) is 0 Å². The molecule has 5 heteroatoms. The van der Waals surface area contributed by atoms with E-state index >= 15 is 0 Å². The van der Waals surface area contributed by atoms with Crippen LogP contribution in [0.15, 0.2) is 53.7 Å². The van der Waals surface area contributed by atoms with Crippen LogP contribution in [0.3, 0.4) is 0 Å². The van der Waals surface area contributed by atoms with Crippen LogP contribution < -0.4 is 10.6 Å². The van der Waals surface area contributed by atoms with Gasteiger partial charge < -0.3 is 10.6 Å². The number of aliphatic imine (C=N–C) groups is 1. The standard InChI is InChI=1S/C16H19FN4/c1-2-18-16(20-11-13-7-4-3-5-8-13)21-12-15-14(17)9-6-10-19-15/h3-10H,2,11-12H2,1H3,(H2,18,20,21). The number of pyridine rings is 1. The van der Waals surface area contributed by atoms with Gasteiger partial charge in [-0.3, -0.25) is 4.98 Å². The molecule has 0 fully saturated rings. The average molecular weight is 286 g/mol. The normalized spacial score (nSPS) is 11.2. The summed E-state index contributed by atoms with van der Waals surface area (Å²) in [5.74, 6) is 0.329. The fourth-order valence-electron chi connectivity index (χ4n) is 1.81. The molecule has 0 radical (unpaired) electrons. The first kappa shape index (κ1) is 15.0. The number of benzene rings is 1. The summed E-state index contributed by atoms with van der Waals surface area (Å²) < 4.78 is 13.5. The summed E-state index contributed by atoms with van der Waals surface area (Å²) in [7, 11) is 0. The van der Waals surface area contributed by atoms with Crippen molar-refractivity contribution < 1.29 is 4.39 Å². The van der Waals surface area contributed by atoms with Crippen molar-refractivity contribution in [2.24, 2.45) is 4.99 Å². The zero-order valence-electron chi connectivity index (χ0n) is 12.0. The minimum absolute atomic E-state index is 0.299. The van der Waals surface area contributed by atoms with E-state index in [4.69, 9.17) is 0 Å². The van der Waals surface area contributed by atoms with Gasteiger partial charge in [-0.1, -0.05) is 30.3 Å². The van der Waals surface area contributed by atoms with Crippen molar-refractivity contribution in [1.29, 1.82) is 0 Å². The summed E-state index contributed by atoms with van der Waals surface area (Å²) >= 11 is 0. The molecule has 0 saturated heterocycles. The molecular weight excluding hydrogens is 267 g/mol. The Labute approximate surface area is 124 Å². The van der Waals surface area contributed by atoms with Gasteiger partial charge in [0.15, 0.2) is 5.96 Å². The fraction of sp³-hybridized carbons (Fsp3) is 0.250. The lowest BCUT2D eigenvalue weighted by molar-refractivity contribution is 0.592. The topological polar surface area (TPSA) is 49.3 Å². The second-order valence-corrected chi connectivity index (χ2v) is 4.47. The van der Waals surface area contributed by atoms with Gasteiger partial charge in [-0.15, -0.1) is 0 Å². The molecule has 0 spiro atoms. The molecule has 2 rings (SSSR count). The molecule has 0 unspecified atom stereocenters. The minimum atomic E-state index is -0.316. The number of aromatic nitrogens is 1. The highest BCUT2D eigenvalue weighted by Gasteiger charge is 2.03. The Kier molecular flexibility index (Phi) is 5.70. The van der Waals surface area contributed by atoms with E-state index in [1.165, 1.54) is 6.07 Å². The molecule has 0 saturated carbocycles. The Morgan fingerprint density at radius 2 is 1.95 bits per heavy atom. The molecule has 1 heterocycles. The summed E-state index contributed by atoms with van der Waals surface area (Å²) in [6, 6.07) is 13.0. The van der Waals surface area contributed by atoms with Crippen molar-refractivity contribution in [3.05, 3.63) is 65.7 Å². The van der Waals surface area contributed by atoms with Crippen molar-refractivity contribution in [2.75, 3.05) is 6.54 Å². The van der Waals surface area contributed by atoms with Crippen LogP contribution in [-0.4, -0.2) is 17.5 Å². The van der Waals surface area contributed by atoms with Crippen LogP contribution in [0.5, 0.6) is 0 Å². The quantitative estimate of drug-likeness (QED) is 0.656. The number of hydrogen-bond donors (Lipinski definition) is 2. The van der Waals surface area contributed by atoms with Crippen molar-refractivity contribution in [3.8, 4) is 0 Å². The van der Waals surface area contributed by atoms with Crippen LogP contribution in [-0.2, 0) is 13.1 Å². The molecule has 2 aromatic rings. The Bertz CT molecular complexity index is 584. The maximum atomic E-state index is 13.5. The number of halogens is 1. The third kappa shape index (κ3) is 4.87. The largest absolute Gasteiger partial charge is 0.357 e. The van der Waals surface area contributed by atoms with Crippen molar-refractivity contribution in [2.45, 2.75) is 20.0 Å². The molecule has 0 aliphatic heterocycles. The zero-order valence-corrected chi connectivity index (χ0v) is 12.0. The predicted molar refractivity (Wildman–Crippen MR) is 82.3 cm³/mol. The molecule has 4 nitrogen and oxygen atoms in total. The van der Waals surface area contributed by atoms with E-state index in [1.807, 2.05) is 37.3 Å². The molecule has 0 aliphatic rings. The first-order valence-electron chi connectivity index (χ1n) is 6.95. The lowest BCUT2D eigenvalue weighted by Gasteiger charge is -2.11. The van der Waals surface area contributed by atoms with Gasteiger partial charge in [-0.05, 0) is 24.6 Å². The Balaban J connectivity index is 1.97. The summed E-state index contributed by atoms with van der Waals surface area (Å²) in [5, 5.41) is 6.22. The van der Waals surface area contributed by atoms with Gasteiger partial charge in [0, 0.05) is 12.7 Å². The van der Waals surface area contributed by atoms with Crippen LogP contribution in [0.1, 0.15) is 18.2 Å². The maximum absolute atomic E-state index is 13.5. The predicted octanol–water partition coefficient (Wildman–Crippen LogP) is 2.48. The first-order chi connectivity index (χ1) is 10.3. The SMILES string of the molecule is CCNC(=NCc1ccccc1)NCc1ncccc1F. The van der Waals surface area contributed by atoms with E-state index in [2.05, 4.69) is 20.6 Å². The smallest absolute Gasteiger partial charge is 0.191 e. The van der Waals surface area contributed by atoms with Crippen LogP contribution in [0.2, 0.25) is 0 Å². The number of guanidine groups is 1. The fourth-order valence-corrected chi connectivity index (χ4v) is 1.81. The summed E-state index contributed by atoms with van der Waals surface area (Å²) in [4.78, 5) is 8.48. The number of rotatable bonds is 5. The zero-order chi connectivity index (χ0) is 14.9. The molecule has 0 aliphatic carbocycles. The van der Waals surface area contributed by atoms with Gasteiger partial charge in [0.05, 0.1) is 18.8 Å². The highest BCUT2D eigenvalue weighted by Crippen LogP contribution is 2.02. The van der Waals surface area contributed by atoms with E-state index < -0.39 is 0 Å². The third-order valence-corrected chi connectivity index (χ3v) is 2.86. The molecule has 1 aromatic carbocycles. The van der Waals surface area contributed by atoms with Gasteiger partial charge in [0.1, 0.15) is 5.82 Å². The summed E-state index contributed by atoms with van der Waals surface area (Å²) in [6.45, 7) is 3.60. The van der Waals surface area contributed by atoms with Crippen molar-refractivity contribution in [1.82, 2.24) is 15.6 Å². The summed E-state index contributed by atoms with van der Waals surface area (Å²) in [6.07, 6.45) is 1.58. The lowest BCUT2D eigenvalue weighted by Crippen LogP contribution is -2.37. The lowest BCUT2D eigenvalue weighted by atomic mass is 10.2. The van der Waals surface area contributed by atoms with E-state index in [1.54, 1.807) is 12.3 Å². The van der Waals surface area contributed by atoms with E-state index in [0.717, 1.165) is 12.1 Å². The van der Waals surface area contributed by atoms with E-state index in [0.29, 0.717) is 24.7 Å². The highest BCUT2D eigenvalue weighted by molar-refractivity contribution is 5.79. The second kappa shape index (κ2) is 7.99. The molecule has 2 N–H and O–H groups in total. The third-order valence-electron chi connectivity index (χ3n) is 2.86. The molecule has 110 valence electrons. The van der Waals surface area contributed by atoms with Crippen molar-refractivity contribution >= 4 is 5.96 Å². The Morgan fingerprint density at radius 1 is 1.14 bits per heavy atom. The van der Waals surface area contributed by atoms with Gasteiger partial charge >= 0.3 is 0 Å². The van der Waals surface area contributed by atoms with E-state index in [9.17, 15) is 4.39 Å². The Morgan fingerprint density at radius 3 is 2.67 bits per heavy atom. The van der Waals surface area contributed by atoms with Gasteiger partial charge in [0.2, 0.25) is 0 Å². The molecule has 0 bridgehead atoms. The van der Waals surface area contributed by atoms with Gasteiger partial charge in [0.25, 0.3) is 0 Å². The van der Waals surface area contributed by atoms with Crippen LogP contribution >= 0.6 is 0 Å². The van der Waals surface area contributed by atoms with Gasteiger partial charge in [-0.2, -0.15) is 0 Å². The Hall–Kier alpha value is -2.43. The number of nitrogens with one attached hydrogen (secondary N) is 2. The number of hydrogen-bond acceptors (Lipinski definition) is 2. The van der Waals surface area contributed by atoms with Gasteiger partial charge in [-0.25, -0.2) is 9.38 Å². The molecule has 21 heavy (non-hydrogen) atoms. The van der Waals surface area contributed by atoms with E-state index in [-0.39, 0.29) is 5.82 Å². The van der Waals surface area contributed by atoms with Crippen LogP contribution in [0, 0.1) is 5.82 Å². The first-order valence-corrected chi connectivity index (χ1v) is 6.95. The van der Waals surface area contributed by atoms with Crippen LogP contribution in [0.25, 0.3) is 0 Å². The minimum Gasteiger partial charge on any atom is -0.357 e. The average Bonchev–Trinajstić information content (AvgIpc) is 2.52. The molecule has 0 atom stereocenters. The highest BCUT2D eigenvalue weighted by atomic mass is 19.1. The van der Waals surface area contributed by atoms with Crippen LogP contribution in [0.4, 0.5) is 4.39 Å². The summed E-state index contributed by atoms with van der Waals surface area (Å²) in [5.41, 5.74) is 1.50. The molecular formula is C16H19FN4. The monoisotopic (exact) mass is 286 g/mol. The second-order valence-electron chi connectivity index (χ2n) is 4.47. The number of nitrogens with zero attached hydrogens (tertiary/aromatic N) is 2. The molecule has 1 aromatic heterocycles. The maximum Gasteiger partial charge on any atom is 0.191 e. The molecule has 0 amide bonds.